The molecule has 2 aromatic rings. The van der Waals surface area contributed by atoms with Gasteiger partial charge in [0.05, 0.1) is 17.1 Å². The Labute approximate surface area is 170 Å². The van der Waals surface area contributed by atoms with E-state index in [0.29, 0.717) is 43.5 Å². The highest BCUT2D eigenvalue weighted by Gasteiger charge is 2.40. The first-order valence-corrected chi connectivity index (χ1v) is 9.63. The van der Waals surface area contributed by atoms with Crippen LogP contribution in [0.5, 0.6) is 0 Å². The van der Waals surface area contributed by atoms with Crippen LogP contribution < -0.4 is 0 Å². The van der Waals surface area contributed by atoms with E-state index < -0.39 is 11.4 Å². The second-order valence-electron chi connectivity index (χ2n) is 7.07. The summed E-state index contributed by atoms with van der Waals surface area (Å²) in [6, 6.07) is 7.49. The van der Waals surface area contributed by atoms with Crippen LogP contribution in [0.1, 0.15) is 31.2 Å². The number of aliphatic carboxylic acids is 1. The van der Waals surface area contributed by atoms with Gasteiger partial charge in [0.15, 0.2) is 0 Å². The van der Waals surface area contributed by atoms with Crippen molar-refractivity contribution in [2.24, 2.45) is 5.41 Å². The molecular weight excluding hydrogens is 390 g/mol. The Morgan fingerprint density at radius 1 is 1.30 bits per heavy atom. The van der Waals surface area contributed by atoms with Crippen LogP contribution in [0.4, 0.5) is 4.39 Å². The van der Waals surface area contributed by atoms with E-state index in [4.69, 9.17) is 11.6 Å². The van der Waals surface area contributed by atoms with Gasteiger partial charge in [-0.05, 0) is 56.8 Å². The molecule has 27 heavy (non-hydrogen) atoms. The molecule has 0 atom stereocenters. The van der Waals surface area contributed by atoms with Crippen LogP contribution in [0.25, 0.3) is 10.9 Å². The summed E-state index contributed by atoms with van der Waals surface area (Å²) in [5.74, 6) is -0.484. The van der Waals surface area contributed by atoms with Crippen molar-refractivity contribution in [2.45, 2.75) is 32.1 Å². The minimum absolute atomic E-state index is 0. The summed E-state index contributed by atoms with van der Waals surface area (Å²) in [5.41, 5.74) is 0.698. The second kappa shape index (κ2) is 9.67. The largest absolute Gasteiger partial charge is 0.481 e. The molecule has 1 saturated heterocycles. The van der Waals surface area contributed by atoms with E-state index in [-0.39, 0.29) is 18.2 Å². The molecule has 0 bridgehead atoms. The van der Waals surface area contributed by atoms with Gasteiger partial charge >= 0.3 is 5.97 Å². The van der Waals surface area contributed by atoms with Crippen molar-refractivity contribution in [1.29, 1.82) is 0 Å². The van der Waals surface area contributed by atoms with Crippen LogP contribution in [0.3, 0.4) is 0 Å². The number of aryl methyl sites for hydroxylation is 1. The zero-order chi connectivity index (χ0) is 18.6. The maximum Gasteiger partial charge on any atom is 0.309 e. The van der Waals surface area contributed by atoms with Gasteiger partial charge in [-0.25, -0.2) is 4.39 Å². The number of alkyl halides is 1. The quantitative estimate of drug-likeness (QED) is 0.676. The normalized spacial score (nSPS) is 16.8. The number of aromatic nitrogens is 1. The molecule has 0 spiro atoms. The van der Waals surface area contributed by atoms with Crippen LogP contribution in [-0.4, -0.2) is 46.5 Å². The zero-order valence-corrected chi connectivity index (χ0v) is 16.7. The fourth-order valence-electron chi connectivity index (χ4n) is 3.93. The molecule has 1 aromatic heterocycles. The van der Waals surface area contributed by atoms with Gasteiger partial charge in [-0.1, -0.05) is 18.2 Å². The number of carboxylic acid groups (broad SMARTS) is 1. The fourth-order valence-corrected chi connectivity index (χ4v) is 4.17. The van der Waals surface area contributed by atoms with E-state index in [9.17, 15) is 14.3 Å². The number of rotatable bonds is 7. The van der Waals surface area contributed by atoms with Gasteiger partial charge in [-0.3, -0.25) is 9.78 Å². The predicted molar refractivity (Wildman–Crippen MR) is 108 cm³/mol. The number of piperidine rings is 1. The highest BCUT2D eigenvalue weighted by Crippen LogP contribution is 2.37. The first kappa shape index (κ1) is 21.9. The van der Waals surface area contributed by atoms with E-state index >= 15 is 0 Å². The standard InChI is InChI=1S/C20H24ClFN2O2.ClH/c21-10-13-24-11-8-20(9-12-24,19(25)26)7-3-5-15-16-4-1-2-6-18(16)23-14-17(15)22;/h1-2,4,6,14H,3,5,7-13H2,(H,25,26);1H. The summed E-state index contributed by atoms with van der Waals surface area (Å²) >= 11 is 5.78. The topological polar surface area (TPSA) is 53.4 Å². The number of halogens is 3. The molecule has 1 aliphatic rings. The van der Waals surface area contributed by atoms with E-state index in [1.807, 2.05) is 24.3 Å². The molecule has 0 saturated carbocycles. The van der Waals surface area contributed by atoms with E-state index in [0.717, 1.165) is 30.5 Å². The monoisotopic (exact) mass is 414 g/mol. The summed E-state index contributed by atoms with van der Waals surface area (Å²) in [6.45, 7) is 2.31. The zero-order valence-electron chi connectivity index (χ0n) is 15.2. The van der Waals surface area contributed by atoms with Crippen molar-refractivity contribution >= 4 is 40.9 Å². The maximum atomic E-state index is 14.3. The average molecular weight is 415 g/mol. The third kappa shape index (κ3) is 4.89. The lowest BCUT2D eigenvalue weighted by molar-refractivity contribution is -0.152. The van der Waals surface area contributed by atoms with Crippen LogP contribution in [0, 0.1) is 11.2 Å². The average Bonchev–Trinajstić information content (AvgIpc) is 2.65. The Balaban J connectivity index is 0.00000261. The smallest absolute Gasteiger partial charge is 0.309 e. The molecule has 3 rings (SSSR count). The Morgan fingerprint density at radius 3 is 2.67 bits per heavy atom. The number of carboxylic acids is 1. The molecule has 4 nitrogen and oxygen atoms in total. The maximum absolute atomic E-state index is 14.3. The minimum Gasteiger partial charge on any atom is -0.481 e. The molecule has 0 amide bonds. The van der Waals surface area contributed by atoms with Gasteiger partial charge in [0.2, 0.25) is 0 Å². The van der Waals surface area contributed by atoms with Crippen molar-refractivity contribution in [1.82, 2.24) is 9.88 Å². The molecule has 0 radical (unpaired) electrons. The number of hydrogen-bond donors (Lipinski definition) is 1. The molecular formula is C20H25Cl2FN2O2. The third-order valence-corrected chi connectivity index (χ3v) is 5.75. The van der Waals surface area contributed by atoms with Gasteiger partial charge in [0.25, 0.3) is 0 Å². The van der Waals surface area contributed by atoms with Crippen molar-refractivity contribution in [3.05, 3.63) is 41.8 Å². The Bertz CT molecular complexity index is 780. The number of para-hydroxylation sites is 1. The predicted octanol–water partition coefficient (Wildman–Crippen LogP) is 4.52. The molecule has 1 fully saturated rings. The van der Waals surface area contributed by atoms with Crippen LogP contribution >= 0.6 is 24.0 Å². The summed E-state index contributed by atoms with van der Waals surface area (Å²) in [7, 11) is 0. The summed E-state index contributed by atoms with van der Waals surface area (Å²) in [6.07, 6.45) is 4.24. The molecule has 7 heteroatoms. The van der Waals surface area contributed by atoms with Crippen molar-refractivity contribution in [3.63, 3.8) is 0 Å². The van der Waals surface area contributed by atoms with Crippen molar-refractivity contribution in [2.75, 3.05) is 25.5 Å². The van der Waals surface area contributed by atoms with Crippen molar-refractivity contribution in [3.8, 4) is 0 Å². The highest BCUT2D eigenvalue weighted by molar-refractivity contribution is 6.18. The minimum atomic E-state index is -0.733. The van der Waals surface area contributed by atoms with Gasteiger partial charge < -0.3 is 10.0 Å². The number of nitrogens with zero attached hydrogens (tertiary/aromatic N) is 2. The first-order valence-electron chi connectivity index (χ1n) is 9.09. The number of benzene rings is 1. The molecule has 1 aromatic carbocycles. The van der Waals surface area contributed by atoms with Gasteiger partial charge in [0.1, 0.15) is 5.82 Å². The molecule has 148 valence electrons. The summed E-state index contributed by atoms with van der Waals surface area (Å²) < 4.78 is 14.3. The van der Waals surface area contributed by atoms with Crippen LogP contribution in [-0.2, 0) is 11.2 Å². The summed E-state index contributed by atoms with van der Waals surface area (Å²) in [4.78, 5) is 18.3. The number of likely N-dealkylation sites (tertiary alicyclic amines) is 1. The van der Waals surface area contributed by atoms with Gasteiger partial charge in [-0.15, -0.1) is 24.0 Å². The molecule has 1 N–H and O–H groups in total. The van der Waals surface area contributed by atoms with E-state index in [2.05, 4.69) is 9.88 Å². The molecule has 1 aliphatic heterocycles. The molecule has 0 unspecified atom stereocenters. The number of pyridine rings is 1. The fraction of sp³-hybridized carbons (Fsp3) is 0.500. The van der Waals surface area contributed by atoms with Gasteiger partial charge in [0, 0.05) is 17.8 Å². The van der Waals surface area contributed by atoms with Crippen LogP contribution in [0.15, 0.2) is 30.5 Å². The highest BCUT2D eigenvalue weighted by atomic mass is 35.5. The lowest BCUT2D eigenvalue weighted by atomic mass is 9.74. The Kier molecular flexibility index (Phi) is 7.83. The first-order chi connectivity index (χ1) is 12.6. The number of fused-ring (bicyclic) bond motifs is 1. The third-order valence-electron chi connectivity index (χ3n) is 5.58. The summed E-state index contributed by atoms with van der Waals surface area (Å²) in [5, 5.41) is 10.6. The van der Waals surface area contributed by atoms with Crippen molar-refractivity contribution < 1.29 is 14.3 Å². The molecule has 0 aliphatic carbocycles. The van der Waals surface area contributed by atoms with E-state index in [1.54, 1.807) is 0 Å². The number of carbonyl (C=O) groups is 1. The Morgan fingerprint density at radius 2 is 2.00 bits per heavy atom. The van der Waals surface area contributed by atoms with Crippen LogP contribution in [0.2, 0.25) is 0 Å². The SMILES string of the molecule is Cl.O=C(O)C1(CCCc2c(F)cnc3ccccc23)CCN(CCCl)CC1. The van der Waals surface area contributed by atoms with Gasteiger partial charge in [-0.2, -0.15) is 0 Å². The lowest BCUT2D eigenvalue weighted by Gasteiger charge is -2.38. The van der Waals surface area contributed by atoms with E-state index in [1.165, 1.54) is 6.20 Å². The number of hydrogen-bond acceptors (Lipinski definition) is 3. The molecule has 2 heterocycles. The second-order valence-corrected chi connectivity index (χ2v) is 7.45. The Hall–Kier alpha value is -1.43. The lowest BCUT2D eigenvalue weighted by Crippen LogP contribution is -2.45.